The van der Waals surface area contributed by atoms with Gasteiger partial charge in [-0.2, -0.15) is 5.10 Å². The molecule has 2 rings (SSSR count). The van der Waals surface area contributed by atoms with Gasteiger partial charge in [-0.3, -0.25) is 9.59 Å². The van der Waals surface area contributed by atoms with Crippen LogP contribution in [-0.2, 0) is 9.59 Å². The first-order valence-corrected chi connectivity index (χ1v) is 8.82. The number of anilines is 1. The largest absolute Gasteiger partial charge is 0.492 e. The fourth-order valence-corrected chi connectivity index (χ4v) is 2.32. The summed E-state index contributed by atoms with van der Waals surface area (Å²) in [5.41, 5.74) is 3.09. The lowest BCUT2D eigenvalue weighted by Crippen LogP contribution is -2.32. The second kappa shape index (κ2) is 10.7. The van der Waals surface area contributed by atoms with Crippen LogP contribution in [0.3, 0.4) is 0 Å². The fourth-order valence-electron chi connectivity index (χ4n) is 2.14. The van der Waals surface area contributed by atoms with Crippen molar-refractivity contribution in [2.45, 2.75) is 6.92 Å². The number of hydrazone groups is 1. The minimum atomic E-state index is -0.932. The van der Waals surface area contributed by atoms with Gasteiger partial charge >= 0.3 is 11.8 Å². The predicted octanol–water partition coefficient (Wildman–Crippen LogP) is 3.39. The molecule has 2 aromatic carbocycles. The average molecular weight is 402 g/mol. The van der Waals surface area contributed by atoms with E-state index in [-0.39, 0.29) is 0 Å². The molecule has 0 saturated heterocycles. The number of rotatable bonds is 8. The van der Waals surface area contributed by atoms with Crippen molar-refractivity contribution in [3.63, 3.8) is 0 Å². The van der Waals surface area contributed by atoms with Gasteiger partial charge in [-0.25, -0.2) is 5.43 Å². The molecule has 146 valence electrons. The van der Waals surface area contributed by atoms with Crippen molar-refractivity contribution in [1.29, 1.82) is 0 Å². The van der Waals surface area contributed by atoms with E-state index in [1.165, 1.54) is 6.21 Å². The third-order valence-electron chi connectivity index (χ3n) is 3.34. The van der Waals surface area contributed by atoms with Crippen molar-refractivity contribution in [2.75, 3.05) is 18.5 Å². The standard InChI is InChI=1S/C20H20ClN3O4/c1-3-11-28-17-10-9-15(21)12-14(17)13-22-24-20(26)19(25)23-16-7-5-6-8-18(16)27-4-2/h3,5-10,12-13H,1,4,11H2,2H3,(H,23,25)(H,24,26)/b22-13-. The van der Waals surface area contributed by atoms with E-state index in [0.717, 1.165) is 0 Å². The van der Waals surface area contributed by atoms with Crippen molar-refractivity contribution in [3.05, 3.63) is 65.7 Å². The molecule has 2 amide bonds. The first-order valence-electron chi connectivity index (χ1n) is 8.44. The maximum atomic E-state index is 12.1. The SMILES string of the molecule is C=CCOc1ccc(Cl)cc1/C=N\NC(=O)C(=O)Nc1ccccc1OCC. The Hall–Kier alpha value is -3.32. The Balaban J connectivity index is 2.01. The number of nitrogens with zero attached hydrogens (tertiary/aromatic N) is 1. The Morgan fingerprint density at radius 1 is 1.14 bits per heavy atom. The number of halogens is 1. The highest BCUT2D eigenvalue weighted by molar-refractivity contribution is 6.39. The molecule has 0 aliphatic heterocycles. The highest BCUT2D eigenvalue weighted by Gasteiger charge is 2.15. The number of para-hydroxylation sites is 2. The van der Waals surface area contributed by atoms with E-state index in [0.29, 0.717) is 41.0 Å². The lowest BCUT2D eigenvalue weighted by atomic mass is 10.2. The fraction of sp³-hybridized carbons (Fsp3) is 0.150. The molecule has 0 atom stereocenters. The summed E-state index contributed by atoms with van der Waals surface area (Å²) in [6.45, 7) is 6.14. The summed E-state index contributed by atoms with van der Waals surface area (Å²) >= 11 is 5.97. The van der Waals surface area contributed by atoms with Crippen LogP contribution in [0, 0.1) is 0 Å². The molecule has 0 unspecified atom stereocenters. The van der Waals surface area contributed by atoms with Crippen molar-refractivity contribution in [1.82, 2.24) is 5.43 Å². The number of benzene rings is 2. The molecular formula is C20H20ClN3O4. The summed E-state index contributed by atoms with van der Waals surface area (Å²) in [6.07, 6.45) is 2.94. The van der Waals surface area contributed by atoms with Crippen LogP contribution in [0.1, 0.15) is 12.5 Å². The summed E-state index contributed by atoms with van der Waals surface area (Å²) in [4.78, 5) is 24.0. The topological polar surface area (TPSA) is 89.0 Å². The molecule has 0 saturated carbocycles. The molecule has 2 aromatic rings. The summed E-state index contributed by atoms with van der Waals surface area (Å²) in [6, 6.07) is 11.8. The molecule has 28 heavy (non-hydrogen) atoms. The van der Waals surface area contributed by atoms with Crippen LogP contribution in [0.4, 0.5) is 5.69 Å². The molecule has 7 nitrogen and oxygen atoms in total. The maximum Gasteiger partial charge on any atom is 0.329 e. The zero-order valence-corrected chi connectivity index (χ0v) is 16.0. The molecule has 0 bridgehead atoms. The van der Waals surface area contributed by atoms with Crippen LogP contribution in [0.5, 0.6) is 11.5 Å². The summed E-state index contributed by atoms with van der Waals surface area (Å²) in [7, 11) is 0. The van der Waals surface area contributed by atoms with E-state index < -0.39 is 11.8 Å². The van der Waals surface area contributed by atoms with Crippen LogP contribution in [0.2, 0.25) is 5.02 Å². The Labute approximate surface area is 168 Å². The smallest absolute Gasteiger partial charge is 0.329 e. The van der Waals surface area contributed by atoms with Crippen molar-refractivity contribution < 1.29 is 19.1 Å². The highest BCUT2D eigenvalue weighted by atomic mass is 35.5. The average Bonchev–Trinajstić information content (AvgIpc) is 2.69. The normalized spacial score (nSPS) is 10.4. The quantitative estimate of drug-likeness (QED) is 0.307. The summed E-state index contributed by atoms with van der Waals surface area (Å²) in [5.74, 6) is -0.827. The van der Waals surface area contributed by atoms with Gasteiger partial charge in [0, 0.05) is 10.6 Å². The van der Waals surface area contributed by atoms with Gasteiger partial charge < -0.3 is 14.8 Å². The van der Waals surface area contributed by atoms with Crippen LogP contribution in [0.25, 0.3) is 0 Å². The van der Waals surface area contributed by atoms with Gasteiger partial charge in [0.25, 0.3) is 0 Å². The van der Waals surface area contributed by atoms with E-state index in [9.17, 15) is 9.59 Å². The number of carbonyl (C=O) groups excluding carboxylic acids is 2. The van der Waals surface area contributed by atoms with Gasteiger partial charge in [-0.1, -0.05) is 36.4 Å². The first-order chi connectivity index (χ1) is 13.5. The first kappa shape index (κ1) is 21.0. The Bertz CT molecular complexity index is 884. The van der Waals surface area contributed by atoms with Crippen LogP contribution in [0.15, 0.2) is 60.2 Å². The Morgan fingerprint density at radius 3 is 2.68 bits per heavy atom. The maximum absolute atomic E-state index is 12.1. The zero-order chi connectivity index (χ0) is 20.4. The minimum Gasteiger partial charge on any atom is -0.492 e. The second-order valence-corrected chi connectivity index (χ2v) is 5.80. The second-order valence-electron chi connectivity index (χ2n) is 5.36. The number of amides is 2. The number of hydrogen-bond acceptors (Lipinski definition) is 5. The molecular weight excluding hydrogens is 382 g/mol. The lowest BCUT2D eigenvalue weighted by Gasteiger charge is -2.10. The van der Waals surface area contributed by atoms with E-state index in [1.807, 2.05) is 6.92 Å². The molecule has 8 heteroatoms. The Kier molecular flexibility index (Phi) is 8.05. The van der Waals surface area contributed by atoms with Crippen LogP contribution in [-0.4, -0.2) is 31.2 Å². The Morgan fingerprint density at radius 2 is 1.93 bits per heavy atom. The van der Waals surface area contributed by atoms with Gasteiger partial charge in [0.15, 0.2) is 0 Å². The number of ether oxygens (including phenoxy) is 2. The van der Waals surface area contributed by atoms with Gasteiger partial charge in [0.05, 0.1) is 18.5 Å². The van der Waals surface area contributed by atoms with Gasteiger partial charge in [-0.05, 0) is 37.3 Å². The van der Waals surface area contributed by atoms with Crippen molar-refractivity contribution in [3.8, 4) is 11.5 Å². The molecule has 0 aliphatic carbocycles. The zero-order valence-electron chi connectivity index (χ0n) is 15.3. The number of carbonyl (C=O) groups is 2. The third kappa shape index (κ3) is 6.14. The third-order valence-corrected chi connectivity index (χ3v) is 3.57. The number of hydrogen-bond donors (Lipinski definition) is 2. The summed E-state index contributed by atoms with van der Waals surface area (Å²) in [5, 5.41) is 6.75. The molecule has 0 heterocycles. The van der Waals surface area contributed by atoms with Crippen molar-refractivity contribution in [2.24, 2.45) is 5.10 Å². The highest BCUT2D eigenvalue weighted by Crippen LogP contribution is 2.23. The van der Waals surface area contributed by atoms with E-state index in [1.54, 1.807) is 48.5 Å². The van der Waals surface area contributed by atoms with Gasteiger partial charge in [0.2, 0.25) is 0 Å². The minimum absolute atomic E-state index is 0.302. The molecule has 2 N–H and O–H groups in total. The van der Waals surface area contributed by atoms with Crippen molar-refractivity contribution >= 4 is 35.3 Å². The molecule has 0 radical (unpaired) electrons. The van der Waals surface area contributed by atoms with Crippen LogP contribution < -0.4 is 20.2 Å². The molecule has 0 fully saturated rings. The van der Waals surface area contributed by atoms with E-state index in [4.69, 9.17) is 21.1 Å². The lowest BCUT2D eigenvalue weighted by molar-refractivity contribution is -0.136. The molecule has 0 aromatic heterocycles. The number of nitrogens with one attached hydrogen (secondary N) is 2. The molecule has 0 aliphatic rings. The van der Waals surface area contributed by atoms with E-state index in [2.05, 4.69) is 22.4 Å². The monoisotopic (exact) mass is 401 g/mol. The summed E-state index contributed by atoms with van der Waals surface area (Å²) < 4.78 is 10.9. The van der Waals surface area contributed by atoms with Gasteiger partial charge in [-0.15, -0.1) is 0 Å². The molecule has 0 spiro atoms. The van der Waals surface area contributed by atoms with Gasteiger partial charge in [0.1, 0.15) is 18.1 Å². The van der Waals surface area contributed by atoms with E-state index >= 15 is 0 Å². The predicted molar refractivity (Wildman–Crippen MR) is 109 cm³/mol. The van der Waals surface area contributed by atoms with Crippen LogP contribution >= 0.6 is 11.6 Å².